The maximum Gasteiger partial charge on any atom is 0.261 e. The van der Waals surface area contributed by atoms with Crippen molar-refractivity contribution in [2.75, 3.05) is 6.54 Å². The quantitative estimate of drug-likeness (QED) is 0.858. The zero-order valence-electron chi connectivity index (χ0n) is 8.97. The highest BCUT2D eigenvalue weighted by atomic mass is 79.9. The Hall–Kier alpha value is -1.21. The monoisotopic (exact) mass is 314 g/mol. The van der Waals surface area contributed by atoms with Gasteiger partial charge in [-0.3, -0.25) is 9.48 Å². The Morgan fingerprint density at radius 1 is 1.53 bits per heavy atom. The Balaban J connectivity index is 1.70. The summed E-state index contributed by atoms with van der Waals surface area (Å²) < 4.78 is 2.71. The summed E-state index contributed by atoms with van der Waals surface area (Å²) in [5.74, 6) is -0.0284. The predicted octanol–water partition coefficient (Wildman–Crippen LogP) is 1.92. The van der Waals surface area contributed by atoms with Gasteiger partial charge in [0.05, 0.1) is 8.66 Å². The van der Waals surface area contributed by atoms with Gasteiger partial charge in [-0.2, -0.15) is 5.10 Å². The van der Waals surface area contributed by atoms with E-state index in [2.05, 4.69) is 31.3 Å². The van der Waals surface area contributed by atoms with Crippen LogP contribution in [0.5, 0.6) is 0 Å². The molecule has 0 saturated carbocycles. The zero-order chi connectivity index (χ0) is 12.1. The fourth-order valence-corrected chi connectivity index (χ4v) is 2.62. The van der Waals surface area contributed by atoms with E-state index in [4.69, 9.17) is 0 Å². The number of carbonyl (C=O) groups excluding carboxylic acids is 1. The van der Waals surface area contributed by atoms with Crippen molar-refractivity contribution in [3.05, 3.63) is 33.5 Å². The summed E-state index contributed by atoms with van der Waals surface area (Å²) in [6, 6.07) is 3.68. The molecule has 90 valence electrons. The van der Waals surface area contributed by atoms with Crippen LogP contribution < -0.4 is 5.32 Å². The molecule has 0 bridgehead atoms. The van der Waals surface area contributed by atoms with Gasteiger partial charge in [0.15, 0.2) is 0 Å². The first kappa shape index (κ1) is 12.3. The Kier molecular flexibility index (Phi) is 4.27. The molecule has 0 aliphatic carbocycles. The molecule has 1 N–H and O–H groups in total. The topological polar surface area (TPSA) is 59.8 Å². The number of amides is 1. The average molecular weight is 315 g/mol. The van der Waals surface area contributed by atoms with E-state index in [9.17, 15) is 4.79 Å². The SMILES string of the molecule is O=C(NCCCn1cncn1)c1ccc(Br)s1. The third kappa shape index (κ3) is 3.64. The van der Waals surface area contributed by atoms with Crippen LogP contribution in [-0.4, -0.2) is 27.2 Å². The van der Waals surface area contributed by atoms with Crippen molar-refractivity contribution in [3.63, 3.8) is 0 Å². The van der Waals surface area contributed by atoms with Gasteiger partial charge in [-0.25, -0.2) is 4.98 Å². The third-order valence-electron chi connectivity index (χ3n) is 2.11. The van der Waals surface area contributed by atoms with Crippen LogP contribution in [0.25, 0.3) is 0 Å². The van der Waals surface area contributed by atoms with Crippen molar-refractivity contribution in [3.8, 4) is 0 Å². The smallest absolute Gasteiger partial charge is 0.261 e. The van der Waals surface area contributed by atoms with Gasteiger partial charge in [-0.05, 0) is 34.5 Å². The van der Waals surface area contributed by atoms with E-state index in [0.717, 1.165) is 21.6 Å². The van der Waals surface area contributed by atoms with Gasteiger partial charge in [0.1, 0.15) is 12.7 Å². The summed E-state index contributed by atoms with van der Waals surface area (Å²) in [6.07, 6.45) is 4.00. The van der Waals surface area contributed by atoms with Crippen LogP contribution in [0.3, 0.4) is 0 Å². The fraction of sp³-hybridized carbons (Fsp3) is 0.300. The molecular formula is C10H11BrN4OS. The minimum Gasteiger partial charge on any atom is -0.351 e. The number of nitrogens with one attached hydrogen (secondary N) is 1. The molecule has 0 atom stereocenters. The van der Waals surface area contributed by atoms with Crippen molar-refractivity contribution < 1.29 is 4.79 Å². The summed E-state index contributed by atoms with van der Waals surface area (Å²) in [4.78, 5) is 16.2. The zero-order valence-corrected chi connectivity index (χ0v) is 11.4. The second-order valence-corrected chi connectivity index (χ2v) is 5.83. The molecule has 0 aliphatic heterocycles. The van der Waals surface area contributed by atoms with E-state index in [1.807, 2.05) is 12.1 Å². The molecule has 0 saturated heterocycles. The molecule has 0 unspecified atom stereocenters. The van der Waals surface area contributed by atoms with Crippen molar-refractivity contribution in [1.82, 2.24) is 20.1 Å². The van der Waals surface area contributed by atoms with Crippen molar-refractivity contribution in [1.29, 1.82) is 0 Å². The van der Waals surface area contributed by atoms with E-state index in [1.165, 1.54) is 17.7 Å². The van der Waals surface area contributed by atoms with E-state index in [1.54, 1.807) is 11.0 Å². The molecule has 2 aromatic rings. The standard InChI is InChI=1S/C10H11BrN4OS/c11-9-3-2-8(17-9)10(16)13-4-1-5-15-7-12-6-14-15/h2-3,6-7H,1,4-5H2,(H,13,16). The fourth-order valence-electron chi connectivity index (χ4n) is 1.31. The first-order valence-electron chi connectivity index (χ1n) is 5.11. The molecule has 0 fully saturated rings. The number of aromatic nitrogens is 3. The number of nitrogens with zero attached hydrogens (tertiary/aromatic N) is 3. The highest BCUT2D eigenvalue weighted by Gasteiger charge is 2.07. The molecule has 2 rings (SSSR count). The molecule has 7 heteroatoms. The van der Waals surface area contributed by atoms with Crippen LogP contribution in [0.2, 0.25) is 0 Å². The van der Waals surface area contributed by atoms with Crippen LogP contribution in [0.15, 0.2) is 28.6 Å². The Morgan fingerprint density at radius 3 is 3.06 bits per heavy atom. The number of aryl methyl sites for hydroxylation is 1. The van der Waals surface area contributed by atoms with Gasteiger partial charge < -0.3 is 5.32 Å². The minimum atomic E-state index is -0.0284. The maximum absolute atomic E-state index is 11.7. The summed E-state index contributed by atoms with van der Waals surface area (Å²) in [7, 11) is 0. The summed E-state index contributed by atoms with van der Waals surface area (Å²) in [6.45, 7) is 1.39. The van der Waals surface area contributed by atoms with Crippen LogP contribution in [0.4, 0.5) is 0 Å². The first-order chi connectivity index (χ1) is 8.25. The van der Waals surface area contributed by atoms with Gasteiger partial charge >= 0.3 is 0 Å². The van der Waals surface area contributed by atoms with Crippen LogP contribution in [0, 0.1) is 0 Å². The lowest BCUT2D eigenvalue weighted by Crippen LogP contribution is -2.24. The maximum atomic E-state index is 11.7. The van der Waals surface area contributed by atoms with Crippen LogP contribution in [0.1, 0.15) is 16.1 Å². The third-order valence-corrected chi connectivity index (χ3v) is 3.74. The van der Waals surface area contributed by atoms with E-state index < -0.39 is 0 Å². The summed E-state index contributed by atoms with van der Waals surface area (Å²) in [5, 5.41) is 6.85. The van der Waals surface area contributed by atoms with Crippen LogP contribution >= 0.6 is 27.3 Å². The van der Waals surface area contributed by atoms with E-state index in [-0.39, 0.29) is 5.91 Å². The number of rotatable bonds is 5. The molecular weight excluding hydrogens is 304 g/mol. The molecule has 2 aromatic heterocycles. The highest BCUT2D eigenvalue weighted by Crippen LogP contribution is 2.21. The first-order valence-corrected chi connectivity index (χ1v) is 6.72. The van der Waals surface area contributed by atoms with Gasteiger partial charge in [0, 0.05) is 13.1 Å². The van der Waals surface area contributed by atoms with Crippen molar-refractivity contribution >= 4 is 33.2 Å². The molecule has 0 spiro atoms. The molecule has 0 aliphatic rings. The Labute approximate surface area is 111 Å². The van der Waals surface area contributed by atoms with Crippen LogP contribution in [-0.2, 0) is 6.54 Å². The number of hydrogen-bond donors (Lipinski definition) is 1. The Morgan fingerprint density at radius 2 is 2.41 bits per heavy atom. The summed E-state index contributed by atoms with van der Waals surface area (Å²) in [5.41, 5.74) is 0. The minimum absolute atomic E-state index is 0.0284. The molecule has 5 nitrogen and oxygen atoms in total. The number of carbonyl (C=O) groups is 1. The number of thiophene rings is 1. The number of halogens is 1. The lowest BCUT2D eigenvalue weighted by Gasteiger charge is -2.03. The molecule has 0 aromatic carbocycles. The largest absolute Gasteiger partial charge is 0.351 e. The molecule has 2 heterocycles. The Bertz CT molecular complexity index is 482. The average Bonchev–Trinajstić information content (AvgIpc) is 2.95. The van der Waals surface area contributed by atoms with Crippen molar-refractivity contribution in [2.24, 2.45) is 0 Å². The normalized spacial score (nSPS) is 10.4. The second kappa shape index (κ2) is 5.92. The van der Waals surface area contributed by atoms with Gasteiger partial charge in [0.25, 0.3) is 5.91 Å². The van der Waals surface area contributed by atoms with Gasteiger partial charge in [0.2, 0.25) is 0 Å². The highest BCUT2D eigenvalue weighted by molar-refractivity contribution is 9.11. The van der Waals surface area contributed by atoms with Gasteiger partial charge in [-0.1, -0.05) is 0 Å². The second-order valence-electron chi connectivity index (χ2n) is 3.37. The lowest BCUT2D eigenvalue weighted by molar-refractivity contribution is 0.0956. The molecule has 0 radical (unpaired) electrons. The lowest BCUT2D eigenvalue weighted by atomic mass is 10.4. The van der Waals surface area contributed by atoms with Crippen molar-refractivity contribution in [2.45, 2.75) is 13.0 Å². The van der Waals surface area contributed by atoms with E-state index in [0.29, 0.717) is 6.54 Å². The van der Waals surface area contributed by atoms with Gasteiger partial charge in [-0.15, -0.1) is 11.3 Å². The molecule has 1 amide bonds. The predicted molar refractivity (Wildman–Crippen MR) is 69.0 cm³/mol. The number of hydrogen-bond acceptors (Lipinski definition) is 4. The van der Waals surface area contributed by atoms with E-state index >= 15 is 0 Å². The molecule has 17 heavy (non-hydrogen) atoms. The summed E-state index contributed by atoms with van der Waals surface area (Å²) >= 11 is 4.76.